The molecule has 148 valence electrons. The van der Waals surface area contributed by atoms with Crippen molar-refractivity contribution in [2.75, 3.05) is 13.2 Å². The van der Waals surface area contributed by atoms with Crippen molar-refractivity contribution in [1.29, 1.82) is 0 Å². The second-order valence-electron chi connectivity index (χ2n) is 7.18. The summed E-state index contributed by atoms with van der Waals surface area (Å²) in [4.78, 5) is 16.9. The van der Waals surface area contributed by atoms with Crippen molar-refractivity contribution < 1.29 is 9.53 Å². The van der Waals surface area contributed by atoms with E-state index in [1.165, 1.54) is 11.1 Å². The van der Waals surface area contributed by atoms with Gasteiger partial charge >= 0.3 is 6.03 Å². The highest BCUT2D eigenvalue weighted by atomic mass is 16.5. The lowest BCUT2D eigenvalue weighted by Crippen LogP contribution is -2.39. The fraction of sp³-hybridized carbons (Fsp3) is 0.250. The maximum atomic E-state index is 12.5. The minimum absolute atomic E-state index is 0.136. The Labute approximate surface area is 171 Å². The molecule has 0 aliphatic carbocycles. The summed E-state index contributed by atoms with van der Waals surface area (Å²) in [6, 6.07) is 21.8. The number of urea groups is 1. The molecule has 1 atom stereocenters. The first kappa shape index (κ1) is 19.0. The average molecular weight is 387 g/mol. The number of amides is 2. The zero-order chi connectivity index (χ0) is 19.9. The smallest absolute Gasteiger partial charge is 0.315 e. The zero-order valence-electron chi connectivity index (χ0n) is 16.3. The van der Waals surface area contributed by atoms with E-state index >= 15 is 0 Å². The van der Waals surface area contributed by atoms with E-state index in [0.717, 1.165) is 36.5 Å². The number of carbonyl (C=O) groups excluding carboxylic acids is 1. The van der Waals surface area contributed by atoms with Crippen LogP contribution in [0.4, 0.5) is 4.79 Å². The molecule has 0 radical (unpaired) electrons. The minimum Gasteiger partial charge on any atom is -0.493 e. The van der Waals surface area contributed by atoms with Gasteiger partial charge in [-0.2, -0.15) is 0 Å². The third kappa shape index (κ3) is 5.13. The topological polar surface area (TPSA) is 63.2 Å². The van der Waals surface area contributed by atoms with E-state index in [0.29, 0.717) is 13.0 Å². The quantitative estimate of drug-likeness (QED) is 0.647. The highest BCUT2D eigenvalue weighted by molar-refractivity contribution is 5.74. The van der Waals surface area contributed by atoms with Crippen molar-refractivity contribution in [2.24, 2.45) is 0 Å². The molecule has 2 heterocycles. The van der Waals surface area contributed by atoms with Gasteiger partial charge in [-0.15, -0.1) is 0 Å². The molecule has 5 heteroatoms. The maximum absolute atomic E-state index is 12.5. The van der Waals surface area contributed by atoms with Crippen molar-refractivity contribution in [1.82, 2.24) is 15.6 Å². The predicted octanol–water partition coefficient (Wildman–Crippen LogP) is 3.84. The fourth-order valence-corrected chi connectivity index (χ4v) is 3.59. The van der Waals surface area contributed by atoms with Crippen molar-refractivity contribution in [3.8, 4) is 5.75 Å². The van der Waals surface area contributed by atoms with Crippen LogP contribution in [0.25, 0.3) is 0 Å². The Bertz CT molecular complexity index is 945. The second-order valence-corrected chi connectivity index (χ2v) is 7.18. The number of carbonyl (C=O) groups is 1. The normalized spacial score (nSPS) is 13.2. The minimum atomic E-state index is -0.167. The van der Waals surface area contributed by atoms with Crippen LogP contribution in [0.1, 0.15) is 28.4 Å². The largest absolute Gasteiger partial charge is 0.493 e. The van der Waals surface area contributed by atoms with Crippen LogP contribution in [0.15, 0.2) is 72.9 Å². The molecule has 2 N–H and O–H groups in total. The molecule has 0 saturated heterocycles. The molecule has 1 aromatic heterocycles. The molecule has 2 amide bonds. The SMILES string of the molecule is O=C(NCCc1ccc2c(c1)CCO2)N[C@@H](Cc1ccccn1)c1ccccc1. The van der Waals surface area contributed by atoms with Gasteiger partial charge in [-0.25, -0.2) is 4.79 Å². The highest BCUT2D eigenvalue weighted by Crippen LogP contribution is 2.25. The monoisotopic (exact) mass is 387 g/mol. The molecule has 1 aliphatic rings. The average Bonchev–Trinajstić information content (AvgIpc) is 3.23. The van der Waals surface area contributed by atoms with Gasteiger partial charge in [-0.1, -0.05) is 48.5 Å². The second kappa shape index (κ2) is 9.24. The van der Waals surface area contributed by atoms with Gasteiger partial charge in [0.2, 0.25) is 0 Å². The summed E-state index contributed by atoms with van der Waals surface area (Å²) >= 11 is 0. The van der Waals surface area contributed by atoms with Gasteiger partial charge in [0, 0.05) is 31.3 Å². The van der Waals surface area contributed by atoms with Gasteiger partial charge in [0.05, 0.1) is 12.6 Å². The molecule has 5 nitrogen and oxygen atoms in total. The van der Waals surface area contributed by atoms with Crippen molar-refractivity contribution in [3.05, 3.63) is 95.3 Å². The maximum Gasteiger partial charge on any atom is 0.315 e. The molecular formula is C24H25N3O2. The van der Waals surface area contributed by atoms with Gasteiger partial charge in [-0.05, 0) is 41.3 Å². The Kier molecular flexibility index (Phi) is 6.05. The number of nitrogens with zero attached hydrogens (tertiary/aromatic N) is 1. The summed E-state index contributed by atoms with van der Waals surface area (Å²) in [5, 5.41) is 6.08. The van der Waals surface area contributed by atoms with Gasteiger partial charge in [-0.3, -0.25) is 4.98 Å². The van der Waals surface area contributed by atoms with Gasteiger partial charge in [0.15, 0.2) is 0 Å². The van der Waals surface area contributed by atoms with Crippen LogP contribution in [0.3, 0.4) is 0 Å². The number of fused-ring (bicyclic) bond motifs is 1. The van der Waals surface area contributed by atoms with E-state index in [1.807, 2.05) is 54.6 Å². The van der Waals surface area contributed by atoms with Crippen LogP contribution < -0.4 is 15.4 Å². The molecule has 0 fully saturated rings. The number of nitrogens with one attached hydrogen (secondary N) is 2. The van der Waals surface area contributed by atoms with Gasteiger partial charge < -0.3 is 15.4 Å². The summed E-state index contributed by atoms with van der Waals surface area (Å²) in [5.41, 5.74) is 4.48. The van der Waals surface area contributed by atoms with Crippen molar-refractivity contribution >= 4 is 6.03 Å². The zero-order valence-corrected chi connectivity index (χ0v) is 16.3. The first-order chi connectivity index (χ1) is 14.3. The van der Waals surface area contributed by atoms with Crippen LogP contribution in [0, 0.1) is 0 Å². The van der Waals surface area contributed by atoms with E-state index in [2.05, 4.69) is 27.8 Å². The molecule has 0 spiro atoms. The van der Waals surface area contributed by atoms with Crippen molar-refractivity contribution in [2.45, 2.75) is 25.3 Å². The first-order valence-electron chi connectivity index (χ1n) is 10.0. The number of pyridine rings is 1. The lowest BCUT2D eigenvalue weighted by atomic mass is 10.0. The van der Waals surface area contributed by atoms with Crippen LogP contribution in [0.5, 0.6) is 5.75 Å². The third-order valence-electron chi connectivity index (χ3n) is 5.10. The summed E-state index contributed by atoms with van der Waals surface area (Å²) in [5.74, 6) is 0.986. The molecule has 29 heavy (non-hydrogen) atoms. The first-order valence-corrected chi connectivity index (χ1v) is 10.0. The molecule has 0 unspecified atom stereocenters. The Morgan fingerprint density at radius 2 is 1.93 bits per heavy atom. The lowest BCUT2D eigenvalue weighted by molar-refractivity contribution is 0.237. The van der Waals surface area contributed by atoms with E-state index in [9.17, 15) is 4.79 Å². The van der Waals surface area contributed by atoms with Crippen LogP contribution in [-0.4, -0.2) is 24.2 Å². The predicted molar refractivity (Wildman–Crippen MR) is 113 cm³/mol. The number of hydrogen-bond donors (Lipinski definition) is 2. The van der Waals surface area contributed by atoms with Crippen LogP contribution >= 0.6 is 0 Å². The van der Waals surface area contributed by atoms with E-state index < -0.39 is 0 Å². The molecule has 1 aliphatic heterocycles. The van der Waals surface area contributed by atoms with Crippen LogP contribution in [0.2, 0.25) is 0 Å². The highest BCUT2D eigenvalue weighted by Gasteiger charge is 2.16. The Balaban J connectivity index is 1.34. The Morgan fingerprint density at radius 3 is 2.76 bits per heavy atom. The molecular weight excluding hydrogens is 362 g/mol. The number of ether oxygens (including phenoxy) is 1. The van der Waals surface area contributed by atoms with Crippen LogP contribution in [-0.2, 0) is 19.3 Å². The molecule has 0 saturated carbocycles. The molecule has 2 aromatic carbocycles. The van der Waals surface area contributed by atoms with E-state index in [1.54, 1.807) is 6.20 Å². The third-order valence-corrected chi connectivity index (χ3v) is 5.10. The summed E-state index contributed by atoms with van der Waals surface area (Å²) < 4.78 is 5.55. The Hall–Kier alpha value is -3.34. The Morgan fingerprint density at radius 1 is 1.07 bits per heavy atom. The van der Waals surface area contributed by atoms with Crippen molar-refractivity contribution in [3.63, 3.8) is 0 Å². The fourth-order valence-electron chi connectivity index (χ4n) is 3.59. The number of rotatable bonds is 7. The molecule has 3 aromatic rings. The number of aromatic nitrogens is 1. The summed E-state index contributed by atoms with van der Waals surface area (Å²) in [7, 11) is 0. The molecule has 4 rings (SSSR count). The number of benzene rings is 2. The summed E-state index contributed by atoms with van der Waals surface area (Å²) in [6.45, 7) is 1.34. The van der Waals surface area contributed by atoms with Gasteiger partial charge in [0.1, 0.15) is 5.75 Å². The van der Waals surface area contributed by atoms with E-state index in [-0.39, 0.29) is 12.1 Å². The number of hydrogen-bond acceptors (Lipinski definition) is 3. The summed E-state index contributed by atoms with van der Waals surface area (Å²) in [6.07, 6.45) is 4.17. The standard InChI is InChI=1S/C24H25N3O2/c28-24(26-14-11-18-9-10-23-20(16-18)12-15-29-23)27-22(19-6-2-1-3-7-19)17-21-8-4-5-13-25-21/h1-10,13,16,22H,11-12,14-15,17H2,(H2,26,27,28)/t22-/m0/s1. The van der Waals surface area contributed by atoms with Gasteiger partial charge in [0.25, 0.3) is 0 Å². The van der Waals surface area contributed by atoms with E-state index in [4.69, 9.17) is 4.74 Å². The lowest BCUT2D eigenvalue weighted by Gasteiger charge is -2.19. The molecule has 0 bridgehead atoms.